The van der Waals surface area contributed by atoms with Gasteiger partial charge in [-0.05, 0) is 36.3 Å². The first kappa shape index (κ1) is 19.0. The largest absolute Gasteiger partial charge is 0.363 e. The van der Waals surface area contributed by atoms with Gasteiger partial charge in [-0.3, -0.25) is 0 Å². The Labute approximate surface area is 174 Å². The lowest BCUT2D eigenvalue weighted by Crippen LogP contribution is -2.36. The monoisotopic (exact) mass is 409 g/mol. The van der Waals surface area contributed by atoms with E-state index in [0.717, 1.165) is 51.3 Å². The van der Waals surface area contributed by atoms with Gasteiger partial charge in [0.05, 0.1) is 6.54 Å². The first-order valence-corrected chi connectivity index (χ1v) is 10.6. The second-order valence-corrected chi connectivity index (χ2v) is 7.96. The summed E-state index contributed by atoms with van der Waals surface area (Å²) in [7, 11) is 2.11. The van der Waals surface area contributed by atoms with Crippen molar-refractivity contribution in [3.05, 3.63) is 51.7 Å². The molecule has 0 saturated carbocycles. The van der Waals surface area contributed by atoms with Crippen molar-refractivity contribution in [1.82, 2.24) is 44.0 Å². The fourth-order valence-corrected chi connectivity index (χ4v) is 4.58. The fraction of sp³-hybridized carbons (Fsp3) is 0.550. The van der Waals surface area contributed by atoms with E-state index in [1.54, 1.807) is 6.33 Å². The van der Waals surface area contributed by atoms with Crippen molar-refractivity contribution in [1.29, 1.82) is 0 Å². The summed E-state index contributed by atoms with van der Waals surface area (Å²) in [5, 5.41) is 12.3. The van der Waals surface area contributed by atoms with E-state index in [2.05, 4.69) is 49.3 Å². The van der Waals surface area contributed by atoms with Crippen LogP contribution in [-0.2, 0) is 33.1 Å². The van der Waals surface area contributed by atoms with E-state index >= 15 is 0 Å². The maximum atomic E-state index is 12.1. The second-order valence-electron chi connectivity index (χ2n) is 7.96. The van der Waals surface area contributed by atoms with E-state index in [-0.39, 0.29) is 5.69 Å². The van der Waals surface area contributed by atoms with Gasteiger partial charge in [-0.25, -0.2) is 14.5 Å². The molecule has 10 nitrogen and oxygen atoms in total. The first-order chi connectivity index (χ1) is 14.7. The zero-order valence-electron chi connectivity index (χ0n) is 17.5. The predicted octanol–water partition coefficient (Wildman–Crippen LogP) is 0.544. The number of tetrazole rings is 1. The molecular formula is C20H27N9O. The molecule has 158 valence electrons. The lowest BCUT2D eigenvalue weighted by Gasteiger charge is -2.29. The smallest absolute Gasteiger partial charge is 0.354 e. The number of likely N-dealkylation sites (tertiary alicyclic amines) is 1. The Hall–Kier alpha value is -3.01. The Morgan fingerprint density at radius 3 is 2.60 bits per heavy atom. The van der Waals surface area contributed by atoms with Gasteiger partial charge in [-0.2, -0.15) is 14.5 Å². The van der Waals surface area contributed by atoms with Gasteiger partial charge in [0, 0.05) is 69.2 Å². The van der Waals surface area contributed by atoms with Crippen molar-refractivity contribution in [2.24, 2.45) is 7.05 Å². The minimum atomic E-state index is -0.133. The number of rotatable bonds is 4. The van der Waals surface area contributed by atoms with Crippen LogP contribution in [0.3, 0.4) is 0 Å². The molecule has 10 heteroatoms. The highest BCUT2D eigenvalue weighted by molar-refractivity contribution is 5.81. The minimum absolute atomic E-state index is 0.133. The SMILES string of the molecule is CCn1nnn(CCN2CCC(=C3c4ccn(C)c4CCn4ncnc43)CC2)c1=O. The zero-order valence-corrected chi connectivity index (χ0v) is 17.5. The van der Waals surface area contributed by atoms with Gasteiger partial charge < -0.3 is 9.47 Å². The van der Waals surface area contributed by atoms with Gasteiger partial charge in [0.15, 0.2) is 5.82 Å². The average molecular weight is 409 g/mol. The van der Waals surface area contributed by atoms with E-state index in [0.29, 0.717) is 13.1 Å². The topological polar surface area (TPSA) is 91.6 Å². The first-order valence-electron chi connectivity index (χ1n) is 10.6. The van der Waals surface area contributed by atoms with Crippen molar-refractivity contribution >= 4 is 5.57 Å². The summed E-state index contributed by atoms with van der Waals surface area (Å²) in [5.74, 6) is 0.992. The molecule has 30 heavy (non-hydrogen) atoms. The highest BCUT2D eigenvalue weighted by Gasteiger charge is 2.27. The van der Waals surface area contributed by atoms with Crippen molar-refractivity contribution in [3.63, 3.8) is 0 Å². The molecule has 0 spiro atoms. The number of aromatic nitrogens is 8. The summed E-state index contributed by atoms with van der Waals surface area (Å²) < 4.78 is 7.11. The molecule has 2 aliphatic rings. The van der Waals surface area contributed by atoms with Gasteiger partial charge in [-0.1, -0.05) is 5.57 Å². The third-order valence-electron chi connectivity index (χ3n) is 6.31. The number of piperidine rings is 1. The van der Waals surface area contributed by atoms with E-state index in [1.807, 2.05) is 11.6 Å². The summed E-state index contributed by atoms with van der Waals surface area (Å²) in [6.07, 6.45) is 6.76. The quantitative estimate of drug-likeness (QED) is 0.625. The van der Waals surface area contributed by atoms with Crippen LogP contribution in [0.15, 0.2) is 29.0 Å². The Bertz CT molecular complexity index is 1140. The molecule has 2 aliphatic heterocycles. The third-order valence-corrected chi connectivity index (χ3v) is 6.31. The Morgan fingerprint density at radius 2 is 1.83 bits per heavy atom. The average Bonchev–Trinajstić information content (AvgIpc) is 3.44. The zero-order chi connectivity index (χ0) is 20.7. The normalized spacial score (nSPS) is 17.1. The molecule has 0 radical (unpaired) electrons. The van der Waals surface area contributed by atoms with Crippen LogP contribution < -0.4 is 5.69 Å². The Balaban J connectivity index is 1.35. The van der Waals surface area contributed by atoms with Gasteiger partial charge in [0.1, 0.15) is 6.33 Å². The molecule has 0 atom stereocenters. The van der Waals surface area contributed by atoms with Crippen LogP contribution in [0.5, 0.6) is 0 Å². The summed E-state index contributed by atoms with van der Waals surface area (Å²) in [6.45, 7) is 6.60. The fourth-order valence-electron chi connectivity index (χ4n) is 4.58. The van der Waals surface area contributed by atoms with Gasteiger partial charge in [0.2, 0.25) is 0 Å². The Kier molecular flexibility index (Phi) is 4.86. The van der Waals surface area contributed by atoms with Gasteiger partial charge in [-0.15, -0.1) is 0 Å². The lowest BCUT2D eigenvalue weighted by atomic mass is 9.92. The summed E-state index contributed by atoms with van der Waals surface area (Å²) >= 11 is 0. The second kappa shape index (κ2) is 7.67. The van der Waals surface area contributed by atoms with Crippen LogP contribution >= 0.6 is 0 Å². The number of nitrogens with zero attached hydrogens (tertiary/aromatic N) is 9. The summed E-state index contributed by atoms with van der Waals surface area (Å²) in [5.41, 5.74) is 5.24. The van der Waals surface area contributed by atoms with E-state index < -0.39 is 0 Å². The van der Waals surface area contributed by atoms with E-state index in [4.69, 9.17) is 0 Å². The van der Waals surface area contributed by atoms with Crippen molar-refractivity contribution in [3.8, 4) is 0 Å². The number of aryl methyl sites for hydroxylation is 3. The molecule has 0 bridgehead atoms. The molecule has 3 aromatic rings. The molecule has 1 saturated heterocycles. The molecule has 0 aliphatic carbocycles. The molecule has 0 unspecified atom stereocenters. The summed E-state index contributed by atoms with van der Waals surface area (Å²) in [4.78, 5) is 19.1. The molecule has 5 heterocycles. The highest BCUT2D eigenvalue weighted by Crippen LogP contribution is 2.35. The van der Waals surface area contributed by atoms with Crippen molar-refractivity contribution in [2.45, 2.75) is 45.8 Å². The van der Waals surface area contributed by atoms with Crippen LogP contribution in [0.1, 0.15) is 36.8 Å². The lowest BCUT2D eigenvalue weighted by molar-refractivity contribution is 0.241. The molecule has 0 aromatic carbocycles. The van der Waals surface area contributed by atoms with Crippen LogP contribution in [0, 0.1) is 0 Å². The van der Waals surface area contributed by atoms with E-state index in [9.17, 15) is 4.79 Å². The third kappa shape index (κ3) is 3.20. The van der Waals surface area contributed by atoms with Gasteiger partial charge in [0.25, 0.3) is 0 Å². The number of fused-ring (bicyclic) bond motifs is 2. The van der Waals surface area contributed by atoms with E-state index in [1.165, 1.54) is 31.8 Å². The highest BCUT2D eigenvalue weighted by atomic mass is 16.2. The van der Waals surface area contributed by atoms with Crippen LogP contribution in [-0.4, -0.2) is 63.7 Å². The van der Waals surface area contributed by atoms with Crippen LogP contribution in [0.25, 0.3) is 5.57 Å². The maximum absolute atomic E-state index is 12.1. The maximum Gasteiger partial charge on any atom is 0.363 e. The predicted molar refractivity (Wildman–Crippen MR) is 111 cm³/mol. The number of hydrogen-bond acceptors (Lipinski definition) is 6. The number of hydrogen-bond donors (Lipinski definition) is 0. The molecule has 1 fully saturated rings. The standard InChI is InChI=1S/C20H27N9O/c1-3-27-20(30)29(24-23-27)13-12-26-9-4-15(5-10-26)18-16-6-8-25(2)17(16)7-11-28-19(18)21-14-22-28/h6,8,14H,3-5,7,9-13H2,1-2H3. The van der Waals surface area contributed by atoms with Gasteiger partial charge >= 0.3 is 5.69 Å². The Morgan fingerprint density at radius 1 is 1.03 bits per heavy atom. The molecule has 0 N–H and O–H groups in total. The molecule has 3 aromatic heterocycles. The van der Waals surface area contributed by atoms with Crippen molar-refractivity contribution < 1.29 is 0 Å². The van der Waals surface area contributed by atoms with Crippen LogP contribution in [0.2, 0.25) is 0 Å². The van der Waals surface area contributed by atoms with Crippen molar-refractivity contribution in [2.75, 3.05) is 19.6 Å². The summed E-state index contributed by atoms with van der Waals surface area (Å²) in [6, 6.07) is 2.22. The minimum Gasteiger partial charge on any atom is -0.354 e. The molecule has 5 rings (SSSR count). The molecular weight excluding hydrogens is 382 g/mol. The molecule has 0 amide bonds. The van der Waals surface area contributed by atoms with Crippen LogP contribution in [0.4, 0.5) is 0 Å².